The molecule has 0 aliphatic carbocycles. The van der Waals surface area contributed by atoms with Crippen molar-refractivity contribution < 1.29 is 9.18 Å². The molecule has 2 N–H and O–H groups in total. The Labute approximate surface area is 121 Å². The summed E-state index contributed by atoms with van der Waals surface area (Å²) in [4.78, 5) is 14.1. The van der Waals surface area contributed by atoms with Crippen molar-refractivity contribution in [2.24, 2.45) is 11.7 Å². The van der Waals surface area contributed by atoms with Crippen molar-refractivity contribution in [3.05, 3.63) is 34.1 Å². The molecule has 0 radical (unpaired) electrons. The Kier molecular flexibility index (Phi) is 4.58. The van der Waals surface area contributed by atoms with Crippen LogP contribution in [0.1, 0.15) is 30.1 Å². The van der Waals surface area contributed by atoms with Gasteiger partial charge in [0.2, 0.25) is 0 Å². The molecule has 1 aromatic rings. The molecule has 0 aromatic heterocycles. The topological polar surface area (TPSA) is 46.3 Å². The van der Waals surface area contributed by atoms with E-state index < -0.39 is 5.82 Å². The molecular formula is C14H18BrFN2O. The highest BCUT2D eigenvalue weighted by atomic mass is 79.9. The normalized spacial score (nSPS) is 18.4. The van der Waals surface area contributed by atoms with Crippen molar-refractivity contribution in [2.45, 2.75) is 25.8 Å². The average Bonchev–Trinajstić information content (AvgIpc) is 2.41. The number of nitrogens with zero attached hydrogens (tertiary/aromatic N) is 1. The average molecular weight is 329 g/mol. The predicted molar refractivity (Wildman–Crippen MR) is 76.4 cm³/mol. The molecule has 1 atom stereocenters. The zero-order valence-electron chi connectivity index (χ0n) is 10.9. The van der Waals surface area contributed by atoms with Gasteiger partial charge in [-0.05, 0) is 53.7 Å². The zero-order valence-corrected chi connectivity index (χ0v) is 12.5. The number of benzene rings is 1. The van der Waals surface area contributed by atoms with E-state index in [0.29, 0.717) is 24.6 Å². The summed E-state index contributed by atoms with van der Waals surface area (Å²) in [5, 5.41) is 0. The van der Waals surface area contributed by atoms with E-state index in [0.717, 1.165) is 12.8 Å². The number of piperidine rings is 1. The maximum Gasteiger partial charge on any atom is 0.255 e. The van der Waals surface area contributed by atoms with Crippen molar-refractivity contribution >= 4 is 21.8 Å². The predicted octanol–water partition coefficient (Wildman–Crippen LogP) is 2.79. The highest BCUT2D eigenvalue weighted by molar-refractivity contribution is 9.10. The fourth-order valence-electron chi connectivity index (χ4n) is 2.47. The molecule has 3 nitrogen and oxygen atoms in total. The van der Waals surface area contributed by atoms with Crippen molar-refractivity contribution in [3.8, 4) is 0 Å². The summed E-state index contributed by atoms with van der Waals surface area (Å²) in [5.74, 6) is -0.0502. The van der Waals surface area contributed by atoms with Crippen molar-refractivity contribution in [1.29, 1.82) is 0 Å². The number of carbonyl (C=O) groups is 1. The highest BCUT2D eigenvalue weighted by Gasteiger charge is 2.26. The van der Waals surface area contributed by atoms with Crippen molar-refractivity contribution in [2.75, 3.05) is 13.1 Å². The summed E-state index contributed by atoms with van der Waals surface area (Å²) in [6.45, 7) is 3.38. The van der Waals surface area contributed by atoms with Crippen LogP contribution in [-0.2, 0) is 0 Å². The molecule has 1 aromatic carbocycles. The van der Waals surface area contributed by atoms with E-state index in [9.17, 15) is 9.18 Å². The molecule has 1 fully saturated rings. The fraction of sp³-hybridized carbons (Fsp3) is 0.500. The summed E-state index contributed by atoms with van der Waals surface area (Å²) in [6.07, 6.45) is 1.83. The molecule has 1 unspecified atom stereocenters. The van der Waals surface area contributed by atoms with Gasteiger partial charge in [0.25, 0.3) is 5.91 Å². The second-order valence-electron chi connectivity index (χ2n) is 5.09. The Hall–Kier alpha value is -0.940. The molecule has 0 bridgehead atoms. The van der Waals surface area contributed by atoms with Crippen LogP contribution in [0.3, 0.4) is 0 Å². The quantitative estimate of drug-likeness (QED) is 0.907. The van der Waals surface area contributed by atoms with E-state index in [-0.39, 0.29) is 16.4 Å². The van der Waals surface area contributed by atoms with Crippen LogP contribution in [0.5, 0.6) is 0 Å². The van der Waals surface area contributed by atoms with Gasteiger partial charge in [-0.2, -0.15) is 0 Å². The maximum atomic E-state index is 13.4. The molecule has 19 heavy (non-hydrogen) atoms. The number of nitrogens with two attached hydrogens (primary N) is 1. The first kappa shape index (κ1) is 14.5. The van der Waals surface area contributed by atoms with Crippen LogP contribution in [0.2, 0.25) is 0 Å². The Morgan fingerprint density at radius 2 is 2.11 bits per heavy atom. The number of halogens is 2. The number of hydrogen-bond acceptors (Lipinski definition) is 2. The summed E-state index contributed by atoms with van der Waals surface area (Å²) in [6, 6.07) is 4.71. The van der Waals surface area contributed by atoms with Crippen LogP contribution in [0.15, 0.2) is 22.7 Å². The van der Waals surface area contributed by atoms with Gasteiger partial charge in [-0.3, -0.25) is 4.79 Å². The fourth-order valence-corrected chi connectivity index (χ4v) is 2.90. The molecule has 1 aliphatic heterocycles. The van der Waals surface area contributed by atoms with Crippen molar-refractivity contribution in [1.82, 2.24) is 4.90 Å². The van der Waals surface area contributed by atoms with Crippen LogP contribution in [0, 0.1) is 11.7 Å². The lowest BCUT2D eigenvalue weighted by molar-refractivity contribution is 0.0679. The molecule has 1 aliphatic rings. The first-order chi connectivity index (χ1) is 9.00. The van der Waals surface area contributed by atoms with Gasteiger partial charge < -0.3 is 10.6 Å². The Balaban J connectivity index is 2.07. The van der Waals surface area contributed by atoms with Gasteiger partial charge in [0.15, 0.2) is 0 Å². The molecule has 2 rings (SSSR count). The van der Waals surface area contributed by atoms with Crippen LogP contribution in [-0.4, -0.2) is 29.9 Å². The minimum Gasteiger partial charge on any atom is -0.339 e. The Morgan fingerprint density at radius 3 is 2.68 bits per heavy atom. The van der Waals surface area contributed by atoms with Crippen LogP contribution < -0.4 is 5.73 Å². The number of likely N-dealkylation sites (tertiary alicyclic amines) is 1. The first-order valence-electron chi connectivity index (χ1n) is 6.49. The number of rotatable bonds is 2. The smallest absolute Gasteiger partial charge is 0.255 e. The van der Waals surface area contributed by atoms with Gasteiger partial charge in [0.1, 0.15) is 5.82 Å². The van der Waals surface area contributed by atoms with E-state index in [4.69, 9.17) is 5.73 Å². The van der Waals surface area contributed by atoms with Gasteiger partial charge in [-0.1, -0.05) is 6.07 Å². The van der Waals surface area contributed by atoms with E-state index in [1.165, 1.54) is 6.07 Å². The Morgan fingerprint density at radius 1 is 1.47 bits per heavy atom. The second-order valence-corrected chi connectivity index (χ2v) is 5.88. The van der Waals surface area contributed by atoms with Crippen LogP contribution in [0.4, 0.5) is 4.39 Å². The largest absolute Gasteiger partial charge is 0.339 e. The number of amides is 1. The molecule has 1 heterocycles. The van der Waals surface area contributed by atoms with Crippen LogP contribution in [0.25, 0.3) is 0 Å². The SMILES string of the molecule is CC(N)C1CCN(C(=O)c2cccc(F)c2Br)CC1. The van der Waals surface area contributed by atoms with E-state index >= 15 is 0 Å². The lowest BCUT2D eigenvalue weighted by Crippen LogP contribution is -2.42. The summed E-state index contributed by atoms with van der Waals surface area (Å²) in [5.41, 5.74) is 6.27. The van der Waals surface area contributed by atoms with E-state index in [1.807, 2.05) is 6.92 Å². The molecule has 0 saturated carbocycles. The summed E-state index contributed by atoms with van der Waals surface area (Å²) < 4.78 is 13.7. The van der Waals surface area contributed by atoms with Gasteiger partial charge >= 0.3 is 0 Å². The van der Waals surface area contributed by atoms with Gasteiger partial charge in [-0.25, -0.2) is 4.39 Å². The number of hydrogen-bond donors (Lipinski definition) is 1. The maximum absolute atomic E-state index is 13.4. The first-order valence-corrected chi connectivity index (χ1v) is 7.29. The second kappa shape index (κ2) is 6.01. The van der Waals surface area contributed by atoms with Gasteiger partial charge in [0, 0.05) is 19.1 Å². The van der Waals surface area contributed by atoms with E-state index in [1.54, 1.807) is 17.0 Å². The molecule has 1 amide bonds. The van der Waals surface area contributed by atoms with Gasteiger partial charge in [-0.15, -0.1) is 0 Å². The molecule has 5 heteroatoms. The number of carbonyl (C=O) groups excluding carboxylic acids is 1. The third kappa shape index (κ3) is 3.15. The molecule has 1 saturated heterocycles. The Bertz CT molecular complexity index is 471. The standard InChI is InChI=1S/C14H18BrFN2O/c1-9(17)10-5-7-18(8-6-10)14(19)11-3-2-4-12(16)13(11)15/h2-4,9-10H,5-8,17H2,1H3. The third-order valence-corrected chi connectivity index (χ3v) is 4.56. The summed E-state index contributed by atoms with van der Waals surface area (Å²) >= 11 is 3.14. The minimum absolute atomic E-state index is 0.116. The van der Waals surface area contributed by atoms with Crippen LogP contribution >= 0.6 is 15.9 Å². The monoisotopic (exact) mass is 328 g/mol. The molecule has 0 spiro atoms. The minimum atomic E-state index is -0.406. The zero-order chi connectivity index (χ0) is 14.0. The van der Waals surface area contributed by atoms with E-state index in [2.05, 4.69) is 15.9 Å². The summed E-state index contributed by atoms with van der Waals surface area (Å²) in [7, 11) is 0. The molecular weight excluding hydrogens is 311 g/mol. The van der Waals surface area contributed by atoms with Crippen molar-refractivity contribution in [3.63, 3.8) is 0 Å². The van der Waals surface area contributed by atoms with Gasteiger partial charge in [0.05, 0.1) is 10.0 Å². The third-order valence-electron chi connectivity index (χ3n) is 3.75. The molecule has 104 valence electrons. The lowest BCUT2D eigenvalue weighted by Gasteiger charge is -2.34. The lowest BCUT2D eigenvalue weighted by atomic mass is 9.90. The highest BCUT2D eigenvalue weighted by Crippen LogP contribution is 2.25.